The lowest BCUT2D eigenvalue weighted by molar-refractivity contribution is -0.350. The third kappa shape index (κ3) is 6.03. The average molecular weight is 577 g/mol. The smallest absolute Gasteiger partial charge is 0.329 e. The van der Waals surface area contributed by atoms with Crippen LogP contribution in [0.15, 0.2) is 28.9 Å². The van der Waals surface area contributed by atoms with Crippen LogP contribution >= 0.6 is 0 Å². The molecule has 4 heterocycles. The van der Waals surface area contributed by atoms with Gasteiger partial charge >= 0.3 is 5.97 Å². The van der Waals surface area contributed by atoms with Crippen LogP contribution in [0.1, 0.15) is 57.7 Å². The molecule has 0 amide bonds. The van der Waals surface area contributed by atoms with Crippen molar-refractivity contribution in [2.24, 2.45) is 0 Å². The number of hydrogen-bond donors (Lipinski definition) is 1. The number of carboxylic acid groups (broad SMARTS) is 1. The SMILES string of the molecule is Cc1ccc(-c2cn([C@@H]3[C@@H](OCC(=O)O)[C@@H](Cc4cc(C(C)(C)C)on4)O[C@@H]4COC(C)(C)O[C@H]34)nn2)c(F)c1F. The van der Waals surface area contributed by atoms with Gasteiger partial charge in [0.05, 0.1) is 24.6 Å². The van der Waals surface area contributed by atoms with Crippen LogP contribution < -0.4 is 0 Å². The van der Waals surface area contributed by atoms with Gasteiger partial charge in [0.2, 0.25) is 0 Å². The van der Waals surface area contributed by atoms with Gasteiger partial charge in [-0.15, -0.1) is 5.10 Å². The summed E-state index contributed by atoms with van der Waals surface area (Å²) >= 11 is 0. The molecule has 13 heteroatoms. The van der Waals surface area contributed by atoms with Gasteiger partial charge in [0.25, 0.3) is 0 Å². The second-order valence-corrected chi connectivity index (χ2v) is 11.9. The Labute approximate surface area is 235 Å². The van der Waals surface area contributed by atoms with E-state index in [2.05, 4.69) is 15.5 Å². The van der Waals surface area contributed by atoms with Gasteiger partial charge in [-0.3, -0.25) is 0 Å². The van der Waals surface area contributed by atoms with Crippen molar-refractivity contribution in [2.45, 2.75) is 89.6 Å². The van der Waals surface area contributed by atoms with Gasteiger partial charge in [-0.1, -0.05) is 37.2 Å². The molecule has 5 atom stereocenters. The number of nitrogens with zero attached hydrogens (tertiary/aromatic N) is 4. The molecule has 1 N–H and O–H groups in total. The number of ether oxygens (including phenoxy) is 4. The fourth-order valence-electron chi connectivity index (χ4n) is 5.13. The van der Waals surface area contributed by atoms with Crippen molar-refractivity contribution < 1.29 is 42.2 Å². The van der Waals surface area contributed by atoms with Crippen LogP contribution in [0.4, 0.5) is 8.78 Å². The lowest BCUT2D eigenvalue weighted by atomic mass is 9.88. The Morgan fingerprint density at radius 1 is 1.24 bits per heavy atom. The molecule has 41 heavy (non-hydrogen) atoms. The van der Waals surface area contributed by atoms with E-state index in [-0.39, 0.29) is 35.3 Å². The number of aromatic nitrogens is 4. The number of hydrogen-bond acceptors (Lipinski definition) is 9. The normalized spacial score (nSPS) is 26.1. The van der Waals surface area contributed by atoms with E-state index in [4.69, 9.17) is 23.5 Å². The van der Waals surface area contributed by atoms with Gasteiger partial charge in [0.15, 0.2) is 17.4 Å². The second-order valence-electron chi connectivity index (χ2n) is 11.9. The predicted molar refractivity (Wildman–Crippen MR) is 139 cm³/mol. The summed E-state index contributed by atoms with van der Waals surface area (Å²) in [5.74, 6) is -3.49. The van der Waals surface area contributed by atoms with Crippen LogP contribution in [0.25, 0.3) is 11.3 Å². The summed E-state index contributed by atoms with van der Waals surface area (Å²) in [7, 11) is 0. The van der Waals surface area contributed by atoms with E-state index in [0.717, 1.165) is 0 Å². The van der Waals surface area contributed by atoms with E-state index < -0.39 is 60.5 Å². The Morgan fingerprint density at radius 2 is 2.00 bits per heavy atom. The quantitative estimate of drug-likeness (QED) is 0.441. The molecular formula is C28H34F2N4O7. The lowest BCUT2D eigenvalue weighted by Gasteiger charge is -2.51. The molecule has 2 aromatic heterocycles. The number of benzene rings is 1. The fraction of sp³-hybridized carbons (Fsp3) is 0.571. The van der Waals surface area contributed by atoms with E-state index in [0.29, 0.717) is 11.5 Å². The first kappa shape index (κ1) is 29.2. The Kier molecular flexibility index (Phi) is 7.74. The monoisotopic (exact) mass is 576 g/mol. The Bertz CT molecular complexity index is 1420. The molecule has 5 rings (SSSR count). The van der Waals surface area contributed by atoms with Crippen molar-refractivity contribution in [1.82, 2.24) is 20.2 Å². The van der Waals surface area contributed by atoms with Crippen LogP contribution in [-0.2, 0) is 35.6 Å². The summed E-state index contributed by atoms with van der Waals surface area (Å²) in [4.78, 5) is 11.6. The minimum atomic E-state index is -1.18. The molecule has 0 spiro atoms. The van der Waals surface area contributed by atoms with Crippen molar-refractivity contribution in [2.75, 3.05) is 13.2 Å². The number of fused-ring (bicyclic) bond motifs is 1. The van der Waals surface area contributed by atoms with Crippen LogP contribution in [-0.4, -0.2) is 74.6 Å². The molecule has 3 aromatic rings. The minimum absolute atomic E-state index is 0.0620. The number of aryl methyl sites for hydroxylation is 1. The maximum atomic E-state index is 14.8. The second kappa shape index (κ2) is 10.9. The summed E-state index contributed by atoms with van der Waals surface area (Å²) in [6.45, 7) is 10.5. The zero-order valence-electron chi connectivity index (χ0n) is 23.8. The van der Waals surface area contributed by atoms with Crippen molar-refractivity contribution in [3.8, 4) is 11.3 Å². The van der Waals surface area contributed by atoms with Gasteiger partial charge in [0.1, 0.15) is 42.4 Å². The van der Waals surface area contributed by atoms with Crippen molar-refractivity contribution >= 4 is 5.97 Å². The first-order chi connectivity index (χ1) is 19.2. The summed E-state index contributed by atoms with van der Waals surface area (Å²) in [5, 5.41) is 22.0. The highest BCUT2D eigenvalue weighted by Gasteiger charge is 2.53. The Hall–Kier alpha value is -3.26. The maximum Gasteiger partial charge on any atom is 0.329 e. The molecular weight excluding hydrogens is 542 g/mol. The summed E-state index contributed by atoms with van der Waals surface area (Å²) in [5.41, 5.74) is 0.514. The van der Waals surface area contributed by atoms with E-state index in [9.17, 15) is 18.7 Å². The molecule has 0 saturated carbocycles. The zero-order chi connectivity index (χ0) is 29.7. The maximum absolute atomic E-state index is 14.8. The van der Waals surface area contributed by atoms with Gasteiger partial charge in [0, 0.05) is 23.5 Å². The highest BCUT2D eigenvalue weighted by molar-refractivity contribution is 5.68. The standard InChI is InChI=1S/C28H34F2N4O7/c1-14-7-8-16(23(30)22(14)29)17-11-34(33-31-17)24-25(37-13-21(35)36)18(9-15-10-20(41-32-15)27(2,3)4)39-19-12-38-28(5,6)40-26(19)24/h7-8,10-11,18-19,24-26H,9,12-13H2,1-6H3,(H,35,36)/t18-,19-,24-,25+,26+/m1/s1. The molecule has 2 aliphatic heterocycles. The summed E-state index contributed by atoms with van der Waals surface area (Å²) in [6.07, 6.45) is -1.22. The van der Waals surface area contributed by atoms with Crippen LogP contribution in [0, 0.1) is 18.6 Å². The van der Waals surface area contributed by atoms with Crippen LogP contribution in [0.5, 0.6) is 0 Å². The number of rotatable bonds is 7. The number of aliphatic carboxylic acids is 1. The molecule has 0 bridgehead atoms. The molecule has 2 aliphatic rings. The molecule has 0 aliphatic carbocycles. The van der Waals surface area contributed by atoms with Gasteiger partial charge in [-0.2, -0.15) is 0 Å². The van der Waals surface area contributed by atoms with E-state index in [1.807, 2.05) is 26.8 Å². The summed E-state index contributed by atoms with van der Waals surface area (Å²) in [6, 6.07) is 3.95. The predicted octanol–water partition coefficient (Wildman–Crippen LogP) is 3.99. The number of carbonyl (C=O) groups is 1. The van der Waals surface area contributed by atoms with Crippen molar-refractivity contribution in [3.63, 3.8) is 0 Å². The molecule has 0 radical (unpaired) electrons. The third-order valence-corrected chi connectivity index (χ3v) is 7.25. The molecule has 222 valence electrons. The van der Waals surface area contributed by atoms with Gasteiger partial charge < -0.3 is 28.6 Å². The van der Waals surface area contributed by atoms with Crippen LogP contribution in [0.3, 0.4) is 0 Å². The lowest BCUT2D eigenvalue weighted by Crippen LogP contribution is -2.63. The third-order valence-electron chi connectivity index (χ3n) is 7.25. The minimum Gasteiger partial charge on any atom is -0.480 e. The van der Waals surface area contributed by atoms with Crippen LogP contribution in [0.2, 0.25) is 0 Å². The largest absolute Gasteiger partial charge is 0.480 e. The summed E-state index contributed by atoms with van der Waals surface area (Å²) < 4.78 is 60.6. The first-order valence-corrected chi connectivity index (χ1v) is 13.4. The first-order valence-electron chi connectivity index (χ1n) is 13.4. The fourth-order valence-corrected chi connectivity index (χ4v) is 5.13. The van der Waals surface area contributed by atoms with Gasteiger partial charge in [-0.25, -0.2) is 18.3 Å². The topological polar surface area (TPSA) is 131 Å². The van der Waals surface area contributed by atoms with E-state index in [1.165, 1.54) is 29.9 Å². The highest BCUT2D eigenvalue weighted by atomic mass is 19.2. The molecule has 2 saturated heterocycles. The van der Waals surface area contributed by atoms with Crippen molar-refractivity contribution in [3.05, 3.63) is 53.0 Å². The molecule has 11 nitrogen and oxygen atoms in total. The number of carboxylic acids is 1. The molecule has 0 unspecified atom stereocenters. The average Bonchev–Trinajstić information content (AvgIpc) is 3.56. The molecule has 1 aromatic carbocycles. The highest BCUT2D eigenvalue weighted by Crippen LogP contribution is 2.41. The van der Waals surface area contributed by atoms with Gasteiger partial charge in [-0.05, 0) is 32.4 Å². The van der Waals surface area contributed by atoms with E-state index >= 15 is 0 Å². The molecule has 2 fully saturated rings. The zero-order valence-corrected chi connectivity index (χ0v) is 23.8. The van der Waals surface area contributed by atoms with Crippen molar-refractivity contribution in [1.29, 1.82) is 0 Å². The number of halogens is 2. The Morgan fingerprint density at radius 3 is 2.68 bits per heavy atom. The Balaban J connectivity index is 1.55. The van der Waals surface area contributed by atoms with E-state index in [1.54, 1.807) is 13.8 Å².